The highest BCUT2D eigenvalue weighted by Crippen LogP contribution is 2.20. The minimum Gasteiger partial charge on any atom is -0.396 e. The molecule has 0 saturated carbocycles. The van der Waals surface area contributed by atoms with Crippen LogP contribution in [0.1, 0.15) is 25.7 Å². The lowest BCUT2D eigenvalue weighted by molar-refractivity contribution is 0.283. The van der Waals surface area contributed by atoms with Crippen molar-refractivity contribution in [2.24, 2.45) is 0 Å². The Morgan fingerprint density at radius 2 is 1.78 bits per heavy atom. The largest absolute Gasteiger partial charge is 0.396 e. The summed E-state index contributed by atoms with van der Waals surface area (Å²) >= 11 is 0. The first kappa shape index (κ1) is 15.0. The van der Waals surface area contributed by atoms with E-state index in [0.717, 1.165) is 32.2 Å². The summed E-state index contributed by atoms with van der Waals surface area (Å²) in [7, 11) is -3.18. The Kier molecular flexibility index (Phi) is 6.15. The molecular weight excluding hydrogens is 250 g/mol. The highest BCUT2D eigenvalue weighted by atomic mass is 32.2. The van der Waals surface area contributed by atoms with Crippen LogP contribution in [-0.4, -0.2) is 32.9 Å². The molecule has 1 rings (SSSR count). The molecule has 0 aliphatic rings. The van der Waals surface area contributed by atoms with Crippen molar-refractivity contribution in [1.29, 1.82) is 0 Å². The second kappa shape index (κ2) is 7.38. The molecule has 18 heavy (non-hydrogen) atoms. The van der Waals surface area contributed by atoms with Gasteiger partial charge in [0.15, 0.2) is 9.84 Å². The molecule has 0 unspecified atom stereocenters. The molecule has 0 spiro atoms. The fourth-order valence-electron chi connectivity index (χ4n) is 1.75. The maximum atomic E-state index is 11.6. The zero-order chi connectivity index (χ0) is 13.4. The van der Waals surface area contributed by atoms with Gasteiger partial charge in [0.2, 0.25) is 0 Å². The van der Waals surface area contributed by atoms with E-state index in [-0.39, 0.29) is 6.61 Å². The molecule has 0 fully saturated rings. The normalized spacial score (nSPS) is 11.4. The monoisotopic (exact) mass is 271 g/mol. The van der Waals surface area contributed by atoms with Crippen molar-refractivity contribution >= 4 is 15.5 Å². The highest BCUT2D eigenvalue weighted by Gasteiger charge is 2.11. The lowest BCUT2D eigenvalue weighted by atomic mass is 10.2. The number of hydrogen-bond acceptors (Lipinski definition) is 4. The van der Waals surface area contributed by atoms with Gasteiger partial charge in [0.05, 0.1) is 10.6 Å². The van der Waals surface area contributed by atoms with Gasteiger partial charge in [0.25, 0.3) is 0 Å². The average Bonchev–Trinajstić information content (AvgIpc) is 2.33. The van der Waals surface area contributed by atoms with Gasteiger partial charge >= 0.3 is 0 Å². The molecule has 0 atom stereocenters. The number of rotatable bonds is 8. The van der Waals surface area contributed by atoms with Gasteiger partial charge in [-0.2, -0.15) is 0 Å². The fourth-order valence-corrected chi connectivity index (χ4v) is 2.61. The number of aliphatic hydroxyl groups excluding tert-OH is 1. The molecule has 5 heteroatoms. The Morgan fingerprint density at radius 3 is 2.44 bits per heavy atom. The summed E-state index contributed by atoms with van der Waals surface area (Å²) in [6.45, 7) is 0.988. The Bertz CT molecular complexity index is 457. The van der Waals surface area contributed by atoms with Crippen molar-refractivity contribution in [2.75, 3.05) is 24.7 Å². The van der Waals surface area contributed by atoms with Gasteiger partial charge in [-0.25, -0.2) is 8.42 Å². The molecule has 0 aliphatic carbocycles. The summed E-state index contributed by atoms with van der Waals surface area (Å²) < 4.78 is 23.1. The molecule has 4 nitrogen and oxygen atoms in total. The number of nitrogens with one attached hydrogen (secondary N) is 1. The number of benzene rings is 1. The third kappa shape index (κ3) is 5.06. The van der Waals surface area contributed by atoms with Gasteiger partial charge in [-0.1, -0.05) is 25.0 Å². The minimum atomic E-state index is -3.18. The summed E-state index contributed by atoms with van der Waals surface area (Å²) in [5.41, 5.74) is 0.669. The van der Waals surface area contributed by atoms with Crippen molar-refractivity contribution in [3.63, 3.8) is 0 Å². The second-order valence-electron chi connectivity index (χ2n) is 4.33. The molecule has 1 aromatic carbocycles. The number of sulfone groups is 1. The number of para-hydroxylation sites is 1. The zero-order valence-corrected chi connectivity index (χ0v) is 11.5. The van der Waals surface area contributed by atoms with Gasteiger partial charge in [-0.15, -0.1) is 0 Å². The lowest BCUT2D eigenvalue weighted by Crippen LogP contribution is -2.07. The summed E-state index contributed by atoms with van der Waals surface area (Å²) in [5.74, 6) is 0. The van der Waals surface area contributed by atoms with E-state index in [1.165, 1.54) is 6.26 Å². The minimum absolute atomic E-state index is 0.240. The van der Waals surface area contributed by atoms with Crippen LogP contribution in [0.25, 0.3) is 0 Å². The standard InChI is InChI=1S/C13H21NO3S/c1-18(16,17)13-9-5-4-8-12(13)14-10-6-2-3-7-11-15/h4-5,8-9,14-15H,2-3,6-7,10-11H2,1H3. The van der Waals surface area contributed by atoms with Gasteiger partial charge in [0.1, 0.15) is 0 Å². The molecule has 0 bridgehead atoms. The third-order valence-electron chi connectivity index (χ3n) is 2.69. The molecule has 0 aliphatic heterocycles. The van der Waals surface area contributed by atoms with Crippen LogP contribution in [0.3, 0.4) is 0 Å². The number of hydrogen-bond donors (Lipinski definition) is 2. The SMILES string of the molecule is CS(=O)(=O)c1ccccc1NCCCCCCO. The van der Waals surface area contributed by atoms with Crippen LogP contribution >= 0.6 is 0 Å². The van der Waals surface area contributed by atoms with Gasteiger partial charge in [0, 0.05) is 19.4 Å². The maximum Gasteiger partial charge on any atom is 0.177 e. The summed E-state index contributed by atoms with van der Waals surface area (Å²) in [6.07, 6.45) is 5.06. The van der Waals surface area contributed by atoms with E-state index in [1.807, 2.05) is 6.07 Å². The number of anilines is 1. The van der Waals surface area contributed by atoms with E-state index in [0.29, 0.717) is 10.6 Å². The van der Waals surface area contributed by atoms with E-state index in [1.54, 1.807) is 18.2 Å². The molecular formula is C13H21NO3S. The predicted molar refractivity (Wildman–Crippen MR) is 73.6 cm³/mol. The first-order valence-electron chi connectivity index (χ1n) is 6.19. The van der Waals surface area contributed by atoms with Crippen LogP contribution < -0.4 is 5.32 Å². The first-order valence-corrected chi connectivity index (χ1v) is 8.08. The van der Waals surface area contributed by atoms with Crippen molar-refractivity contribution in [3.8, 4) is 0 Å². The molecule has 2 N–H and O–H groups in total. The van der Waals surface area contributed by atoms with Gasteiger partial charge < -0.3 is 10.4 Å². The number of unbranched alkanes of at least 4 members (excludes halogenated alkanes) is 3. The molecule has 0 radical (unpaired) electrons. The van der Waals surface area contributed by atoms with E-state index in [2.05, 4.69) is 5.32 Å². The van der Waals surface area contributed by atoms with E-state index < -0.39 is 9.84 Å². The second-order valence-corrected chi connectivity index (χ2v) is 6.32. The van der Waals surface area contributed by atoms with Crippen LogP contribution in [0.5, 0.6) is 0 Å². The smallest absolute Gasteiger partial charge is 0.177 e. The van der Waals surface area contributed by atoms with E-state index in [4.69, 9.17) is 5.11 Å². The van der Waals surface area contributed by atoms with Gasteiger partial charge in [-0.05, 0) is 25.0 Å². The Hall–Kier alpha value is -1.07. The van der Waals surface area contributed by atoms with Crippen molar-refractivity contribution in [1.82, 2.24) is 0 Å². The van der Waals surface area contributed by atoms with Crippen molar-refractivity contribution < 1.29 is 13.5 Å². The van der Waals surface area contributed by atoms with Crippen LogP contribution in [0, 0.1) is 0 Å². The topological polar surface area (TPSA) is 66.4 Å². The first-order chi connectivity index (χ1) is 8.55. The Balaban J connectivity index is 2.48. The molecule has 1 aromatic rings. The molecule has 0 heterocycles. The van der Waals surface area contributed by atoms with Crippen LogP contribution in [0.15, 0.2) is 29.2 Å². The highest BCUT2D eigenvalue weighted by molar-refractivity contribution is 7.90. The van der Waals surface area contributed by atoms with Crippen LogP contribution in [-0.2, 0) is 9.84 Å². The summed E-state index contributed by atoms with van der Waals surface area (Å²) in [6, 6.07) is 6.94. The molecule has 102 valence electrons. The third-order valence-corrected chi connectivity index (χ3v) is 3.84. The number of aliphatic hydroxyl groups is 1. The molecule has 0 amide bonds. The van der Waals surface area contributed by atoms with Gasteiger partial charge in [-0.3, -0.25) is 0 Å². The fraction of sp³-hybridized carbons (Fsp3) is 0.538. The Morgan fingerprint density at radius 1 is 1.11 bits per heavy atom. The predicted octanol–water partition coefficient (Wildman–Crippen LogP) is 2.05. The van der Waals surface area contributed by atoms with Crippen molar-refractivity contribution in [2.45, 2.75) is 30.6 Å². The summed E-state index contributed by atoms with van der Waals surface area (Å²) in [5, 5.41) is 11.8. The average molecular weight is 271 g/mol. The van der Waals surface area contributed by atoms with E-state index in [9.17, 15) is 8.42 Å². The molecule has 0 saturated heterocycles. The molecule has 0 aromatic heterocycles. The summed E-state index contributed by atoms with van der Waals surface area (Å²) in [4.78, 5) is 0.348. The lowest BCUT2D eigenvalue weighted by Gasteiger charge is -2.10. The van der Waals surface area contributed by atoms with E-state index >= 15 is 0 Å². The van der Waals surface area contributed by atoms with Crippen LogP contribution in [0.4, 0.5) is 5.69 Å². The quantitative estimate of drug-likeness (QED) is 0.710. The van der Waals surface area contributed by atoms with Crippen molar-refractivity contribution in [3.05, 3.63) is 24.3 Å². The maximum absolute atomic E-state index is 11.6. The van der Waals surface area contributed by atoms with Crippen LogP contribution in [0.2, 0.25) is 0 Å². The zero-order valence-electron chi connectivity index (χ0n) is 10.7. The Labute approximate surface area is 109 Å².